The Balaban J connectivity index is 1.58. The van der Waals surface area contributed by atoms with E-state index in [2.05, 4.69) is 18.8 Å². The van der Waals surface area contributed by atoms with Crippen molar-refractivity contribution in [3.8, 4) is 11.8 Å². The third-order valence-corrected chi connectivity index (χ3v) is 9.42. The van der Waals surface area contributed by atoms with E-state index in [9.17, 15) is 10.2 Å². The molecule has 3 aliphatic heterocycles. The molecular formula is C31H36ClN5O2S. The summed E-state index contributed by atoms with van der Waals surface area (Å²) in [6.07, 6.45) is 3.94. The number of carbonyl (C=O) groups excluding carboxylic acids is 1. The number of carbonyl (C=O) groups is 1. The second-order valence-electron chi connectivity index (χ2n) is 11.0. The lowest BCUT2D eigenvalue weighted by Gasteiger charge is -2.31. The van der Waals surface area contributed by atoms with Crippen molar-refractivity contribution in [2.45, 2.75) is 58.9 Å². The molecule has 0 spiro atoms. The van der Waals surface area contributed by atoms with E-state index in [1.807, 2.05) is 36.1 Å². The minimum atomic E-state index is -0.714. The molecule has 1 amide bonds. The Bertz CT molecular complexity index is 1390. The van der Waals surface area contributed by atoms with Crippen LogP contribution >= 0.6 is 22.9 Å². The van der Waals surface area contributed by atoms with E-state index in [1.165, 1.54) is 11.3 Å². The number of ether oxygens (including phenoxy) is 1. The van der Waals surface area contributed by atoms with E-state index in [0.717, 1.165) is 78.6 Å². The molecule has 9 heteroatoms. The summed E-state index contributed by atoms with van der Waals surface area (Å²) in [5, 5.41) is 19.2. The van der Waals surface area contributed by atoms with Crippen LogP contribution in [0, 0.1) is 41.4 Å². The third-order valence-electron chi connectivity index (χ3n) is 7.98. The van der Waals surface area contributed by atoms with Crippen LogP contribution < -0.4 is 4.90 Å². The number of nitrogens with zero attached hydrogens (tertiary/aromatic N) is 3. The van der Waals surface area contributed by atoms with Gasteiger partial charge in [0.1, 0.15) is 22.7 Å². The Kier molecular flexibility index (Phi) is 8.74. The number of hydrogen-bond donors (Lipinski definition) is 2. The lowest BCUT2D eigenvalue weighted by Crippen LogP contribution is -2.44. The highest BCUT2D eigenvalue weighted by atomic mass is 35.5. The Hall–Kier alpha value is -2.99. The number of thiophene rings is 1. The molecule has 0 aliphatic carbocycles. The number of hydrogen-bond acceptors (Lipinski definition) is 6. The molecule has 0 radical (unpaired) electrons. The van der Waals surface area contributed by atoms with Crippen LogP contribution in [-0.4, -0.2) is 60.5 Å². The van der Waals surface area contributed by atoms with Crippen LogP contribution in [0.4, 0.5) is 5.00 Å². The van der Waals surface area contributed by atoms with Gasteiger partial charge in [-0.25, -0.2) is 0 Å². The second kappa shape index (κ2) is 12.3. The first-order valence-corrected chi connectivity index (χ1v) is 15.2. The number of nitrogens with one attached hydrogen (secondary N) is 2. The minimum absolute atomic E-state index is 0.00781. The second-order valence-corrected chi connectivity index (χ2v) is 12.4. The van der Waals surface area contributed by atoms with Crippen LogP contribution in [0.2, 0.25) is 5.02 Å². The zero-order valence-corrected chi connectivity index (χ0v) is 24.9. The number of rotatable bonds is 3. The maximum Gasteiger partial charge on any atom is 0.225 e. The molecule has 3 aliphatic rings. The highest BCUT2D eigenvalue weighted by Gasteiger charge is 2.36. The molecule has 7 nitrogen and oxygen atoms in total. The molecule has 2 saturated heterocycles. The molecule has 0 bridgehead atoms. The van der Waals surface area contributed by atoms with E-state index >= 15 is 0 Å². The standard InChI is InChI=1S/C31H36ClN5O2S/c1-19-10-14-36(15-11-19)27(38)18-25-30(34)37(21(3)33)31-28(29(35-25)23-5-7-24(32)8-6-23)20(2)26(40-31)9-4-22-12-16-39-17-13-22/h5-8,19,22,25,33-34H,10-18H2,1-3H3/t25-/m0/s1. The first kappa shape index (κ1) is 28.5. The summed E-state index contributed by atoms with van der Waals surface area (Å²) in [6, 6.07) is 6.80. The first-order valence-electron chi connectivity index (χ1n) is 14.0. The third kappa shape index (κ3) is 6.02. The van der Waals surface area contributed by atoms with Gasteiger partial charge in [-0.1, -0.05) is 42.5 Å². The Morgan fingerprint density at radius 1 is 1.18 bits per heavy atom. The van der Waals surface area contributed by atoms with Crippen LogP contribution in [0.3, 0.4) is 0 Å². The predicted octanol–water partition coefficient (Wildman–Crippen LogP) is 6.14. The van der Waals surface area contributed by atoms with E-state index < -0.39 is 6.04 Å². The Morgan fingerprint density at radius 2 is 1.85 bits per heavy atom. The van der Waals surface area contributed by atoms with Crippen molar-refractivity contribution in [3.05, 3.63) is 50.9 Å². The molecule has 5 rings (SSSR count). The maximum atomic E-state index is 13.4. The summed E-state index contributed by atoms with van der Waals surface area (Å²) in [5.74, 6) is 8.14. The summed E-state index contributed by atoms with van der Waals surface area (Å²) >= 11 is 7.72. The molecule has 1 atom stereocenters. The number of aliphatic imine (C=N–C) groups is 1. The molecule has 40 heavy (non-hydrogen) atoms. The summed E-state index contributed by atoms with van der Waals surface area (Å²) in [6.45, 7) is 8.89. The van der Waals surface area contributed by atoms with Gasteiger partial charge in [0.05, 0.1) is 17.0 Å². The summed E-state index contributed by atoms with van der Waals surface area (Å²) < 4.78 is 5.49. The number of halogens is 1. The van der Waals surface area contributed by atoms with E-state index in [4.69, 9.17) is 26.7 Å². The van der Waals surface area contributed by atoms with Gasteiger partial charge >= 0.3 is 0 Å². The molecule has 2 N–H and O–H groups in total. The van der Waals surface area contributed by atoms with Crippen molar-refractivity contribution in [1.82, 2.24) is 4.90 Å². The number of fused-ring (bicyclic) bond motifs is 1. The van der Waals surface area contributed by atoms with Crippen LogP contribution in [-0.2, 0) is 9.53 Å². The van der Waals surface area contributed by atoms with Crippen LogP contribution in [0.5, 0.6) is 0 Å². The van der Waals surface area contributed by atoms with Gasteiger partial charge in [-0.15, -0.1) is 11.3 Å². The largest absolute Gasteiger partial charge is 0.381 e. The highest BCUT2D eigenvalue weighted by Crippen LogP contribution is 2.40. The molecular weight excluding hydrogens is 542 g/mol. The Morgan fingerprint density at radius 3 is 2.50 bits per heavy atom. The molecule has 210 valence electrons. The van der Waals surface area contributed by atoms with Gasteiger partial charge in [0.15, 0.2) is 0 Å². The Labute approximate surface area is 245 Å². The maximum absolute atomic E-state index is 13.4. The SMILES string of the molecule is CC(=N)N1C(=N)[C@H](CC(=O)N2CCC(C)CC2)N=C(c2ccc(Cl)cc2)c2c1sc(C#CC1CCOCC1)c2C. The molecule has 2 aromatic rings. The minimum Gasteiger partial charge on any atom is -0.381 e. The van der Waals surface area contributed by atoms with E-state index in [-0.39, 0.29) is 24.0 Å². The van der Waals surface area contributed by atoms with Gasteiger partial charge in [-0.3, -0.25) is 25.5 Å². The van der Waals surface area contributed by atoms with Gasteiger partial charge in [-0.2, -0.15) is 0 Å². The van der Waals surface area contributed by atoms with Crippen molar-refractivity contribution >= 4 is 51.2 Å². The van der Waals surface area contributed by atoms with Gasteiger partial charge in [0, 0.05) is 48.4 Å². The van der Waals surface area contributed by atoms with Gasteiger partial charge in [0.25, 0.3) is 0 Å². The molecule has 1 aromatic heterocycles. The molecule has 0 saturated carbocycles. The number of piperidine rings is 1. The fourth-order valence-electron chi connectivity index (χ4n) is 5.46. The fourth-order valence-corrected chi connectivity index (χ4v) is 6.82. The predicted molar refractivity (Wildman–Crippen MR) is 164 cm³/mol. The summed E-state index contributed by atoms with van der Waals surface area (Å²) in [4.78, 5) is 23.0. The number of amidine groups is 2. The summed E-state index contributed by atoms with van der Waals surface area (Å²) in [5.41, 5.74) is 3.40. The number of likely N-dealkylation sites (tertiary alicyclic amines) is 1. The fraction of sp³-hybridized carbons (Fsp3) is 0.484. The van der Waals surface area contributed by atoms with Crippen molar-refractivity contribution in [2.75, 3.05) is 31.2 Å². The average molecular weight is 578 g/mol. The van der Waals surface area contributed by atoms with Gasteiger partial charge < -0.3 is 9.64 Å². The molecule has 1 aromatic carbocycles. The van der Waals surface area contributed by atoms with Gasteiger partial charge in [-0.05, 0) is 63.1 Å². The highest BCUT2D eigenvalue weighted by molar-refractivity contribution is 7.17. The molecule has 2 fully saturated rings. The van der Waals surface area contributed by atoms with Crippen molar-refractivity contribution in [3.63, 3.8) is 0 Å². The zero-order valence-electron chi connectivity index (χ0n) is 23.3. The lowest BCUT2D eigenvalue weighted by molar-refractivity contribution is -0.132. The number of amides is 1. The van der Waals surface area contributed by atoms with Crippen molar-refractivity contribution < 1.29 is 9.53 Å². The molecule has 0 unspecified atom stereocenters. The molecule has 4 heterocycles. The van der Waals surface area contributed by atoms with E-state index in [0.29, 0.717) is 22.6 Å². The van der Waals surface area contributed by atoms with Gasteiger partial charge in [0.2, 0.25) is 5.91 Å². The normalized spacial score (nSPS) is 20.4. The topological polar surface area (TPSA) is 92.8 Å². The van der Waals surface area contributed by atoms with E-state index in [1.54, 1.807) is 11.8 Å². The first-order chi connectivity index (χ1) is 19.2. The number of benzene rings is 1. The summed E-state index contributed by atoms with van der Waals surface area (Å²) in [7, 11) is 0. The monoisotopic (exact) mass is 577 g/mol. The zero-order chi connectivity index (χ0) is 28.4. The van der Waals surface area contributed by atoms with Crippen molar-refractivity contribution in [2.24, 2.45) is 16.8 Å². The average Bonchev–Trinajstić information content (AvgIpc) is 3.19. The van der Waals surface area contributed by atoms with Crippen LogP contribution in [0.1, 0.15) is 67.5 Å². The van der Waals surface area contributed by atoms with Crippen molar-refractivity contribution in [1.29, 1.82) is 10.8 Å². The smallest absolute Gasteiger partial charge is 0.225 e. The van der Waals surface area contributed by atoms with Crippen LogP contribution in [0.25, 0.3) is 0 Å². The quantitative estimate of drug-likeness (QED) is 0.261. The lowest BCUT2D eigenvalue weighted by atomic mass is 9.98. The number of anilines is 1. The van der Waals surface area contributed by atoms with Crippen LogP contribution in [0.15, 0.2) is 29.3 Å².